The Kier molecular flexibility index (Phi) is 9.94. The highest BCUT2D eigenvalue weighted by atomic mass is 35.5. The van der Waals surface area contributed by atoms with E-state index in [2.05, 4.69) is 35.6 Å². The van der Waals surface area contributed by atoms with E-state index in [1.165, 1.54) is 22.8 Å². The number of rotatable bonds is 11. The maximum atomic E-state index is 12.8. The zero-order chi connectivity index (χ0) is 17.3. The summed E-state index contributed by atoms with van der Waals surface area (Å²) in [7, 11) is 0. The lowest BCUT2D eigenvalue weighted by atomic mass is 10.4. The van der Waals surface area contributed by atoms with Crippen LogP contribution in [-0.4, -0.2) is 35.4 Å². The van der Waals surface area contributed by atoms with E-state index in [1.807, 2.05) is 13.0 Å². The van der Waals surface area contributed by atoms with Gasteiger partial charge in [-0.1, -0.05) is 29.7 Å². The van der Waals surface area contributed by atoms with Crippen LogP contribution in [0.5, 0.6) is 0 Å². The molecule has 0 saturated heterocycles. The summed E-state index contributed by atoms with van der Waals surface area (Å²) in [5, 5.41) is 0.220. The Morgan fingerprint density at radius 1 is 1.22 bits per heavy atom. The summed E-state index contributed by atoms with van der Waals surface area (Å²) < 4.78 is 18.3. The molecule has 1 aromatic heterocycles. The summed E-state index contributed by atoms with van der Waals surface area (Å²) >= 11 is 8.75. The highest BCUT2D eigenvalue weighted by Gasteiger charge is 2.24. The first-order valence-corrected chi connectivity index (χ1v) is 13.0. The van der Waals surface area contributed by atoms with E-state index in [-0.39, 0.29) is 5.28 Å². The SMILES string of the molecule is CCCSP(=O)(OCC)SCc1cc(N(CC)CC)nc(Cl)n1. The molecule has 0 fully saturated rings. The molecule has 1 aromatic rings. The summed E-state index contributed by atoms with van der Waals surface area (Å²) in [6.45, 7) is 10.2. The second-order valence-electron chi connectivity index (χ2n) is 4.63. The molecule has 1 atom stereocenters. The maximum Gasteiger partial charge on any atom is 0.313 e. The number of hydrogen-bond acceptors (Lipinski definition) is 7. The molecule has 9 heteroatoms. The van der Waals surface area contributed by atoms with Crippen molar-refractivity contribution >= 4 is 46.0 Å². The minimum atomic E-state index is -2.75. The van der Waals surface area contributed by atoms with E-state index in [1.54, 1.807) is 0 Å². The maximum absolute atomic E-state index is 12.8. The van der Waals surface area contributed by atoms with E-state index in [9.17, 15) is 4.57 Å². The molecule has 23 heavy (non-hydrogen) atoms. The summed E-state index contributed by atoms with van der Waals surface area (Å²) in [5.41, 5.74) is 0.772. The van der Waals surface area contributed by atoms with Crippen LogP contribution >= 0.6 is 40.1 Å². The Balaban J connectivity index is 2.84. The van der Waals surface area contributed by atoms with Crippen molar-refractivity contribution < 1.29 is 9.09 Å². The van der Waals surface area contributed by atoms with Gasteiger partial charge in [-0.3, -0.25) is 4.57 Å². The topological polar surface area (TPSA) is 55.3 Å². The van der Waals surface area contributed by atoms with Crippen molar-refractivity contribution in [2.24, 2.45) is 0 Å². The number of halogens is 1. The molecule has 1 rings (SSSR count). The van der Waals surface area contributed by atoms with Crippen LogP contribution in [0, 0.1) is 0 Å². The quantitative estimate of drug-likeness (QED) is 0.361. The van der Waals surface area contributed by atoms with Crippen LogP contribution in [0.15, 0.2) is 6.07 Å². The molecule has 0 aliphatic rings. The Hall–Kier alpha value is 0.0600. The number of nitrogens with zero attached hydrogens (tertiary/aromatic N) is 3. The summed E-state index contributed by atoms with van der Waals surface area (Å²) in [6, 6.07) is 1.91. The van der Waals surface area contributed by atoms with Crippen LogP contribution in [-0.2, 0) is 14.8 Å². The number of anilines is 1. The third kappa shape index (κ3) is 7.22. The molecule has 0 bridgehead atoms. The van der Waals surface area contributed by atoms with Crippen molar-refractivity contribution in [2.75, 3.05) is 30.3 Å². The van der Waals surface area contributed by atoms with Gasteiger partial charge in [0.2, 0.25) is 5.28 Å². The molecule has 0 N–H and O–H groups in total. The first-order valence-electron chi connectivity index (χ1n) is 7.80. The fraction of sp³-hybridized carbons (Fsp3) is 0.714. The van der Waals surface area contributed by atoms with Gasteiger partial charge in [0.05, 0.1) is 12.3 Å². The molecule has 5 nitrogen and oxygen atoms in total. The Labute approximate surface area is 152 Å². The van der Waals surface area contributed by atoms with E-state index < -0.39 is 5.77 Å². The van der Waals surface area contributed by atoms with Gasteiger partial charge in [0.15, 0.2) is 0 Å². The van der Waals surface area contributed by atoms with Crippen molar-refractivity contribution in [3.8, 4) is 0 Å². The Morgan fingerprint density at radius 3 is 2.48 bits per heavy atom. The predicted octanol–water partition coefficient (Wildman–Crippen LogP) is 5.50. The van der Waals surface area contributed by atoms with E-state index in [4.69, 9.17) is 16.1 Å². The fourth-order valence-corrected chi connectivity index (χ4v) is 8.64. The molecule has 0 spiro atoms. The molecular weight excluding hydrogens is 373 g/mol. The molecule has 0 amide bonds. The summed E-state index contributed by atoms with van der Waals surface area (Å²) in [6.07, 6.45) is 0.966. The van der Waals surface area contributed by atoms with Crippen LogP contribution in [0.4, 0.5) is 5.82 Å². The first-order chi connectivity index (χ1) is 11.0. The van der Waals surface area contributed by atoms with Gasteiger partial charge in [-0.15, -0.1) is 0 Å². The van der Waals surface area contributed by atoms with Crippen LogP contribution < -0.4 is 4.90 Å². The van der Waals surface area contributed by atoms with Crippen molar-refractivity contribution in [1.29, 1.82) is 0 Å². The van der Waals surface area contributed by atoms with Gasteiger partial charge in [-0.2, -0.15) is 0 Å². The molecule has 0 aliphatic heterocycles. The molecule has 132 valence electrons. The fourth-order valence-electron chi connectivity index (χ4n) is 1.85. The molecule has 0 aromatic carbocycles. The molecule has 0 radical (unpaired) electrons. The largest absolute Gasteiger partial charge is 0.357 e. The smallest absolute Gasteiger partial charge is 0.313 e. The van der Waals surface area contributed by atoms with E-state index >= 15 is 0 Å². The van der Waals surface area contributed by atoms with Crippen molar-refractivity contribution in [2.45, 2.75) is 39.9 Å². The van der Waals surface area contributed by atoms with Crippen molar-refractivity contribution in [3.63, 3.8) is 0 Å². The average Bonchev–Trinajstić information content (AvgIpc) is 2.52. The lowest BCUT2D eigenvalue weighted by Crippen LogP contribution is -2.23. The Morgan fingerprint density at radius 2 is 1.91 bits per heavy atom. The van der Waals surface area contributed by atoms with Gasteiger partial charge in [0, 0.05) is 30.7 Å². The minimum absolute atomic E-state index is 0.220. The van der Waals surface area contributed by atoms with Crippen LogP contribution in [0.25, 0.3) is 0 Å². The van der Waals surface area contributed by atoms with E-state index in [0.29, 0.717) is 12.4 Å². The van der Waals surface area contributed by atoms with Gasteiger partial charge in [0.25, 0.3) is 0 Å². The standard InChI is InChI=1S/C14H25ClN3O2PS2/c1-5-9-22-21(19,20-8-4)23-11-12-10-13(17-14(15)16-12)18(6-2)7-3/h10H,5-9,11H2,1-4H3. The minimum Gasteiger partial charge on any atom is -0.357 e. The summed E-state index contributed by atoms with van der Waals surface area (Å²) in [5.74, 6) is -0.640. The van der Waals surface area contributed by atoms with E-state index in [0.717, 1.165) is 36.8 Å². The Bertz CT molecular complexity index is 533. The van der Waals surface area contributed by atoms with Gasteiger partial charge in [-0.05, 0) is 38.8 Å². The van der Waals surface area contributed by atoms with Crippen molar-refractivity contribution in [1.82, 2.24) is 9.97 Å². The summed E-state index contributed by atoms with van der Waals surface area (Å²) in [4.78, 5) is 10.6. The van der Waals surface area contributed by atoms with Gasteiger partial charge in [0.1, 0.15) is 5.82 Å². The highest BCUT2D eigenvalue weighted by Crippen LogP contribution is 2.70. The number of hydrogen-bond donors (Lipinski definition) is 0. The van der Waals surface area contributed by atoms with Crippen molar-refractivity contribution in [3.05, 3.63) is 17.0 Å². The molecule has 1 unspecified atom stereocenters. The van der Waals surface area contributed by atoms with Crippen LogP contribution in [0.1, 0.15) is 39.8 Å². The van der Waals surface area contributed by atoms with Crippen LogP contribution in [0.2, 0.25) is 5.28 Å². The lowest BCUT2D eigenvalue weighted by Gasteiger charge is -2.20. The average molecular weight is 398 g/mol. The normalized spacial score (nSPS) is 13.8. The number of aromatic nitrogens is 2. The highest BCUT2D eigenvalue weighted by molar-refractivity contribution is 8.89. The third-order valence-corrected chi connectivity index (χ3v) is 10.7. The second kappa shape index (κ2) is 10.8. The monoisotopic (exact) mass is 397 g/mol. The molecular formula is C14H25ClN3O2PS2. The molecule has 0 saturated carbocycles. The second-order valence-corrected chi connectivity index (χ2v) is 12.5. The van der Waals surface area contributed by atoms with Gasteiger partial charge >= 0.3 is 5.77 Å². The zero-order valence-corrected chi connectivity index (χ0v) is 17.4. The lowest BCUT2D eigenvalue weighted by molar-refractivity contribution is 0.357. The van der Waals surface area contributed by atoms with Gasteiger partial charge < -0.3 is 9.42 Å². The first kappa shape index (κ1) is 21.1. The van der Waals surface area contributed by atoms with Gasteiger partial charge in [-0.25, -0.2) is 9.97 Å². The zero-order valence-electron chi connectivity index (χ0n) is 14.1. The third-order valence-electron chi connectivity index (χ3n) is 2.94. The molecule has 0 aliphatic carbocycles. The molecule has 1 heterocycles. The van der Waals surface area contributed by atoms with Crippen LogP contribution in [0.3, 0.4) is 0 Å². The predicted molar refractivity (Wildman–Crippen MR) is 104 cm³/mol.